The van der Waals surface area contributed by atoms with Gasteiger partial charge in [-0.1, -0.05) is 30.3 Å². The first-order valence-corrected chi connectivity index (χ1v) is 8.34. The van der Waals surface area contributed by atoms with Gasteiger partial charge in [-0.15, -0.1) is 0 Å². The highest BCUT2D eigenvalue weighted by atomic mass is 28.4. The summed E-state index contributed by atoms with van der Waals surface area (Å²) in [5.74, 6) is 0. The molecule has 0 aromatic heterocycles. The van der Waals surface area contributed by atoms with Crippen LogP contribution in [0.4, 0.5) is 0 Å². The maximum atomic E-state index is 6.00. The second-order valence-electron chi connectivity index (χ2n) is 4.44. The maximum Gasteiger partial charge on any atom is 0.183 e. The molecule has 0 spiro atoms. The third-order valence-corrected chi connectivity index (χ3v) is 2.96. The van der Waals surface area contributed by atoms with Gasteiger partial charge in [-0.05, 0) is 25.2 Å². The second kappa shape index (κ2) is 4.73. The fraction of sp³-hybridized carbons (Fsp3) is 0.455. The van der Waals surface area contributed by atoms with E-state index in [0.29, 0.717) is 6.61 Å². The van der Waals surface area contributed by atoms with Crippen molar-refractivity contribution in [3.63, 3.8) is 0 Å². The Hall–Kier alpha value is -0.643. The number of nitrogens with two attached hydrogens (primary N) is 1. The molecule has 1 rings (SSSR count). The molecule has 1 aromatic carbocycles. The number of benzene rings is 1. The Morgan fingerprint density at radius 1 is 1.21 bits per heavy atom. The van der Waals surface area contributed by atoms with Crippen molar-refractivity contribution in [2.45, 2.75) is 25.7 Å². The highest BCUT2D eigenvalue weighted by molar-refractivity contribution is 6.69. The first-order chi connectivity index (χ1) is 6.49. The summed E-state index contributed by atoms with van der Waals surface area (Å²) in [6, 6.07) is 10.1. The third kappa shape index (κ3) is 4.04. The Kier molecular flexibility index (Phi) is 3.86. The first kappa shape index (κ1) is 11.4. The Labute approximate surface area is 87.2 Å². The van der Waals surface area contributed by atoms with Gasteiger partial charge in [0.05, 0.1) is 12.6 Å². The lowest BCUT2D eigenvalue weighted by atomic mass is 10.1. The van der Waals surface area contributed by atoms with E-state index in [2.05, 4.69) is 19.6 Å². The average Bonchev–Trinajstić information content (AvgIpc) is 2.14. The largest absolute Gasteiger partial charge is 0.416 e. The van der Waals surface area contributed by atoms with E-state index < -0.39 is 8.32 Å². The van der Waals surface area contributed by atoms with Crippen LogP contribution >= 0.6 is 0 Å². The minimum Gasteiger partial charge on any atom is -0.416 e. The van der Waals surface area contributed by atoms with Gasteiger partial charge in [-0.2, -0.15) is 0 Å². The minimum absolute atomic E-state index is 0.00271. The quantitative estimate of drug-likeness (QED) is 0.773. The van der Waals surface area contributed by atoms with Crippen LogP contribution in [0.2, 0.25) is 19.6 Å². The molecule has 1 aromatic rings. The molecule has 2 nitrogen and oxygen atoms in total. The standard InChI is InChI=1S/C11H19NOSi/c1-14(2,3)13-9-11(12)10-7-5-4-6-8-10/h4-8,11H,9,12H2,1-3H3/t11-/m0/s1. The van der Waals surface area contributed by atoms with Crippen molar-refractivity contribution >= 4 is 8.32 Å². The molecule has 0 bridgehead atoms. The van der Waals surface area contributed by atoms with Crippen LogP contribution in [0, 0.1) is 0 Å². The molecule has 0 fully saturated rings. The lowest BCUT2D eigenvalue weighted by molar-refractivity contribution is 0.284. The summed E-state index contributed by atoms with van der Waals surface area (Å²) >= 11 is 0. The fourth-order valence-electron chi connectivity index (χ4n) is 1.14. The van der Waals surface area contributed by atoms with E-state index in [9.17, 15) is 0 Å². The predicted octanol–water partition coefficient (Wildman–Crippen LogP) is 2.54. The van der Waals surface area contributed by atoms with Gasteiger partial charge in [0.2, 0.25) is 0 Å². The molecule has 0 amide bonds. The van der Waals surface area contributed by atoms with Crippen LogP contribution in [-0.2, 0) is 4.43 Å². The molecule has 0 aliphatic heterocycles. The topological polar surface area (TPSA) is 35.2 Å². The van der Waals surface area contributed by atoms with E-state index in [1.807, 2.05) is 30.3 Å². The summed E-state index contributed by atoms with van der Waals surface area (Å²) in [4.78, 5) is 0. The molecular weight excluding hydrogens is 190 g/mol. The van der Waals surface area contributed by atoms with Gasteiger partial charge in [0.25, 0.3) is 0 Å². The normalized spacial score (nSPS) is 14.0. The molecule has 1 atom stereocenters. The second-order valence-corrected chi connectivity index (χ2v) is 8.95. The summed E-state index contributed by atoms with van der Waals surface area (Å²) in [7, 11) is -1.43. The molecule has 3 heteroatoms. The molecular formula is C11H19NOSi. The fourth-order valence-corrected chi connectivity index (χ4v) is 1.82. The summed E-state index contributed by atoms with van der Waals surface area (Å²) < 4.78 is 5.76. The third-order valence-electron chi connectivity index (χ3n) is 1.92. The Morgan fingerprint density at radius 2 is 1.79 bits per heavy atom. The smallest absolute Gasteiger partial charge is 0.183 e. The van der Waals surface area contributed by atoms with E-state index in [0.717, 1.165) is 5.56 Å². The van der Waals surface area contributed by atoms with Crippen LogP contribution < -0.4 is 5.73 Å². The van der Waals surface area contributed by atoms with Gasteiger partial charge < -0.3 is 10.2 Å². The van der Waals surface area contributed by atoms with Gasteiger partial charge in [-0.3, -0.25) is 0 Å². The van der Waals surface area contributed by atoms with Crippen molar-refractivity contribution in [2.24, 2.45) is 5.73 Å². The molecule has 0 radical (unpaired) electrons. The van der Waals surface area contributed by atoms with Crippen LogP contribution in [0.3, 0.4) is 0 Å². The van der Waals surface area contributed by atoms with Gasteiger partial charge in [0.1, 0.15) is 0 Å². The predicted molar refractivity (Wildman–Crippen MR) is 62.7 cm³/mol. The van der Waals surface area contributed by atoms with Gasteiger partial charge in [0.15, 0.2) is 8.32 Å². The first-order valence-electron chi connectivity index (χ1n) is 4.93. The van der Waals surface area contributed by atoms with Crippen molar-refractivity contribution in [1.29, 1.82) is 0 Å². The van der Waals surface area contributed by atoms with E-state index >= 15 is 0 Å². The van der Waals surface area contributed by atoms with Gasteiger partial charge in [-0.25, -0.2) is 0 Å². The number of rotatable bonds is 4. The van der Waals surface area contributed by atoms with Crippen LogP contribution in [0.1, 0.15) is 11.6 Å². The van der Waals surface area contributed by atoms with E-state index in [-0.39, 0.29) is 6.04 Å². The molecule has 2 N–H and O–H groups in total. The van der Waals surface area contributed by atoms with Crippen molar-refractivity contribution in [2.75, 3.05) is 6.61 Å². The number of hydrogen-bond donors (Lipinski definition) is 1. The van der Waals surface area contributed by atoms with Crippen LogP contribution in [0.15, 0.2) is 30.3 Å². The molecule has 0 aliphatic carbocycles. The average molecular weight is 209 g/mol. The molecule has 0 saturated heterocycles. The van der Waals surface area contributed by atoms with Crippen molar-refractivity contribution in [1.82, 2.24) is 0 Å². The van der Waals surface area contributed by atoms with Crippen LogP contribution in [-0.4, -0.2) is 14.9 Å². The molecule has 78 valence electrons. The van der Waals surface area contributed by atoms with Gasteiger partial charge in [0, 0.05) is 0 Å². The summed E-state index contributed by atoms with van der Waals surface area (Å²) in [6.45, 7) is 7.14. The number of hydrogen-bond acceptors (Lipinski definition) is 2. The lowest BCUT2D eigenvalue weighted by Crippen LogP contribution is -2.30. The molecule has 0 aliphatic rings. The van der Waals surface area contributed by atoms with Crippen molar-refractivity contribution in [3.05, 3.63) is 35.9 Å². The molecule has 0 unspecified atom stereocenters. The van der Waals surface area contributed by atoms with Crippen LogP contribution in [0.25, 0.3) is 0 Å². The van der Waals surface area contributed by atoms with Crippen molar-refractivity contribution < 1.29 is 4.43 Å². The highest BCUT2D eigenvalue weighted by Gasteiger charge is 2.16. The maximum absolute atomic E-state index is 6.00. The molecule has 0 heterocycles. The lowest BCUT2D eigenvalue weighted by Gasteiger charge is -2.20. The molecule has 0 saturated carbocycles. The summed E-state index contributed by atoms with van der Waals surface area (Å²) in [5, 5.41) is 0. The van der Waals surface area contributed by atoms with E-state index in [1.165, 1.54) is 0 Å². The van der Waals surface area contributed by atoms with Gasteiger partial charge >= 0.3 is 0 Å². The van der Waals surface area contributed by atoms with Crippen LogP contribution in [0.5, 0.6) is 0 Å². The summed E-state index contributed by atoms with van der Waals surface area (Å²) in [5.41, 5.74) is 7.14. The zero-order valence-electron chi connectivity index (χ0n) is 9.16. The Bertz CT molecular complexity index is 268. The SMILES string of the molecule is C[Si](C)(C)OC[C@H](N)c1ccccc1. The zero-order chi connectivity index (χ0) is 10.6. The van der Waals surface area contributed by atoms with Crippen molar-refractivity contribution in [3.8, 4) is 0 Å². The van der Waals surface area contributed by atoms with E-state index in [1.54, 1.807) is 0 Å². The zero-order valence-corrected chi connectivity index (χ0v) is 10.2. The Balaban J connectivity index is 2.48. The van der Waals surface area contributed by atoms with E-state index in [4.69, 9.17) is 10.2 Å². The monoisotopic (exact) mass is 209 g/mol. The highest BCUT2D eigenvalue weighted by Crippen LogP contribution is 2.12. The Morgan fingerprint density at radius 3 is 2.29 bits per heavy atom. The summed E-state index contributed by atoms with van der Waals surface area (Å²) in [6.07, 6.45) is 0. The minimum atomic E-state index is -1.43. The molecule has 14 heavy (non-hydrogen) atoms.